The van der Waals surface area contributed by atoms with Gasteiger partial charge in [0.05, 0.1) is 10.0 Å². The first-order valence-corrected chi connectivity index (χ1v) is 9.25. The average molecular weight is 368 g/mol. The zero-order valence-electron chi connectivity index (χ0n) is 13.7. The van der Waals surface area contributed by atoms with Crippen LogP contribution in [0.3, 0.4) is 0 Å². The fraction of sp³-hybridized carbons (Fsp3) is 0.500. The summed E-state index contributed by atoms with van der Waals surface area (Å²) in [6.07, 6.45) is 2.58. The number of aromatic nitrogens is 1. The van der Waals surface area contributed by atoms with Crippen LogP contribution in [0.15, 0.2) is 34.0 Å². The van der Waals surface area contributed by atoms with Crippen molar-refractivity contribution in [2.45, 2.75) is 13.0 Å². The lowest BCUT2D eigenvalue weighted by Gasteiger charge is -2.36. The molecule has 0 spiro atoms. The zero-order chi connectivity index (χ0) is 16.8. The van der Waals surface area contributed by atoms with E-state index in [1.54, 1.807) is 17.6 Å². The Bertz CT molecular complexity index is 649. The Labute approximate surface area is 151 Å². The quantitative estimate of drug-likeness (QED) is 0.649. The Kier molecular flexibility index (Phi) is 6.12. The van der Waals surface area contributed by atoms with Crippen molar-refractivity contribution in [3.8, 4) is 0 Å². The molecule has 0 aromatic carbocycles. The van der Waals surface area contributed by atoms with E-state index in [4.69, 9.17) is 16.1 Å². The molecule has 0 radical (unpaired) electrons. The minimum absolute atomic E-state index is 0.843. The summed E-state index contributed by atoms with van der Waals surface area (Å²) in [5.74, 6) is 0.971. The fourth-order valence-corrected chi connectivity index (χ4v) is 3.87. The first-order valence-electron chi connectivity index (χ1n) is 8.06. The van der Waals surface area contributed by atoms with Crippen molar-refractivity contribution >= 4 is 28.9 Å². The molecule has 1 fully saturated rings. The smallest absolute Gasteiger partial charge is 0.193 e. The topological polar surface area (TPSA) is 56.9 Å². The molecule has 0 atom stereocenters. The van der Waals surface area contributed by atoms with Gasteiger partial charge in [-0.05, 0) is 18.6 Å². The molecule has 1 N–H and O–H groups in total. The number of nitrogens with zero attached hydrogens (tertiary/aromatic N) is 4. The highest BCUT2D eigenvalue weighted by Gasteiger charge is 2.20. The normalized spacial score (nSPS) is 16.6. The SMILES string of the molecule is CN=C(NCCc1ccc(Cl)s1)N1CCN(Cc2ccon2)CC1. The molecule has 1 aliphatic rings. The molecular weight excluding hydrogens is 346 g/mol. The minimum Gasteiger partial charge on any atom is -0.364 e. The van der Waals surface area contributed by atoms with Crippen molar-refractivity contribution in [1.29, 1.82) is 0 Å². The molecule has 3 rings (SSSR count). The molecule has 8 heteroatoms. The highest BCUT2D eigenvalue weighted by molar-refractivity contribution is 7.16. The van der Waals surface area contributed by atoms with E-state index in [2.05, 4.69) is 31.3 Å². The van der Waals surface area contributed by atoms with E-state index < -0.39 is 0 Å². The van der Waals surface area contributed by atoms with E-state index in [9.17, 15) is 0 Å². The third-order valence-corrected chi connectivity index (χ3v) is 5.33. The average Bonchev–Trinajstić information content (AvgIpc) is 3.24. The van der Waals surface area contributed by atoms with Crippen LogP contribution in [0, 0.1) is 0 Å². The van der Waals surface area contributed by atoms with Gasteiger partial charge in [-0.1, -0.05) is 16.8 Å². The molecule has 1 aliphatic heterocycles. The predicted octanol–water partition coefficient (Wildman–Crippen LogP) is 2.33. The number of hydrogen-bond acceptors (Lipinski definition) is 5. The van der Waals surface area contributed by atoms with Crippen molar-refractivity contribution in [2.24, 2.45) is 4.99 Å². The second kappa shape index (κ2) is 8.50. The first kappa shape index (κ1) is 17.3. The number of aliphatic imine (C=N–C) groups is 1. The van der Waals surface area contributed by atoms with Gasteiger partial charge in [0.15, 0.2) is 5.96 Å². The van der Waals surface area contributed by atoms with Crippen molar-refractivity contribution in [3.63, 3.8) is 0 Å². The van der Waals surface area contributed by atoms with Crippen LogP contribution in [0.4, 0.5) is 0 Å². The summed E-state index contributed by atoms with van der Waals surface area (Å²) in [4.78, 5) is 10.4. The van der Waals surface area contributed by atoms with Gasteiger partial charge in [0.25, 0.3) is 0 Å². The number of rotatable bonds is 5. The van der Waals surface area contributed by atoms with Crippen LogP contribution >= 0.6 is 22.9 Å². The van der Waals surface area contributed by atoms with E-state index in [1.165, 1.54) is 4.88 Å². The number of guanidine groups is 1. The van der Waals surface area contributed by atoms with E-state index >= 15 is 0 Å². The molecule has 0 bridgehead atoms. The van der Waals surface area contributed by atoms with E-state index in [0.717, 1.165) is 61.7 Å². The highest BCUT2D eigenvalue weighted by Crippen LogP contribution is 2.21. The predicted molar refractivity (Wildman–Crippen MR) is 97.7 cm³/mol. The molecule has 2 aromatic rings. The molecule has 130 valence electrons. The second-order valence-corrected chi connectivity index (χ2v) is 7.48. The summed E-state index contributed by atoms with van der Waals surface area (Å²) in [7, 11) is 1.84. The Morgan fingerprint density at radius 1 is 1.33 bits per heavy atom. The zero-order valence-corrected chi connectivity index (χ0v) is 15.3. The molecule has 3 heterocycles. The molecule has 0 saturated carbocycles. The summed E-state index contributed by atoms with van der Waals surface area (Å²) < 4.78 is 5.74. The van der Waals surface area contributed by atoms with Crippen LogP contribution in [-0.4, -0.2) is 60.7 Å². The highest BCUT2D eigenvalue weighted by atomic mass is 35.5. The maximum atomic E-state index is 5.97. The van der Waals surface area contributed by atoms with Crippen LogP contribution in [0.25, 0.3) is 0 Å². The van der Waals surface area contributed by atoms with Crippen LogP contribution < -0.4 is 5.32 Å². The monoisotopic (exact) mass is 367 g/mol. The molecule has 1 saturated heterocycles. The van der Waals surface area contributed by atoms with Gasteiger partial charge >= 0.3 is 0 Å². The lowest BCUT2D eigenvalue weighted by atomic mass is 10.3. The lowest BCUT2D eigenvalue weighted by Crippen LogP contribution is -2.52. The maximum Gasteiger partial charge on any atom is 0.193 e. The lowest BCUT2D eigenvalue weighted by molar-refractivity contribution is 0.169. The Balaban J connectivity index is 1.42. The van der Waals surface area contributed by atoms with E-state index in [0.29, 0.717) is 0 Å². The summed E-state index contributed by atoms with van der Waals surface area (Å²) in [5.41, 5.74) is 0.987. The van der Waals surface area contributed by atoms with Crippen LogP contribution in [0.1, 0.15) is 10.6 Å². The molecule has 24 heavy (non-hydrogen) atoms. The first-order chi connectivity index (χ1) is 11.7. The second-order valence-electron chi connectivity index (χ2n) is 5.68. The fourth-order valence-electron chi connectivity index (χ4n) is 2.78. The summed E-state index contributed by atoms with van der Waals surface area (Å²) in [5, 5.41) is 7.43. The summed E-state index contributed by atoms with van der Waals surface area (Å²) in [6.45, 7) is 5.62. The van der Waals surface area contributed by atoms with Crippen LogP contribution in [0.5, 0.6) is 0 Å². The van der Waals surface area contributed by atoms with Gasteiger partial charge in [-0.2, -0.15) is 0 Å². The number of hydrogen-bond donors (Lipinski definition) is 1. The van der Waals surface area contributed by atoms with Crippen LogP contribution in [-0.2, 0) is 13.0 Å². The Hall–Kier alpha value is -1.57. The third kappa shape index (κ3) is 4.72. The number of thiophene rings is 1. The van der Waals surface area contributed by atoms with E-state index in [-0.39, 0.29) is 0 Å². The number of halogens is 1. The molecule has 2 aromatic heterocycles. The van der Waals surface area contributed by atoms with Gasteiger partial charge in [0.2, 0.25) is 0 Å². The molecular formula is C16H22ClN5OS. The van der Waals surface area contributed by atoms with Gasteiger partial charge in [0, 0.05) is 57.3 Å². The number of nitrogens with one attached hydrogen (secondary N) is 1. The van der Waals surface area contributed by atoms with Gasteiger partial charge in [0.1, 0.15) is 6.26 Å². The van der Waals surface area contributed by atoms with Crippen molar-refractivity contribution in [1.82, 2.24) is 20.3 Å². The van der Waals surface area contributed by atoms with Crippen molar-refractivity contribution < 1.29 is 4.52 Å². The Morgan fingerprint density at radius 3 is 2.79 bits per heavy atom. The minimum atomic E-state index is 0.843. The van der Waals surface area contributed by atoms with E-state index in [1.807, 2.05) is 19.2 Å². The largest absolute Gasteiger partial charge is 0.364 e. The molecule has 0 aliphatic carbocycles. The van der Waals surface area contributed by atoms with Gasteiger partial charge in [-0.25, -0.2) is 0 Å². The van der Waals surface area contributed by atoms with Gasteiger partial charge < -0.3 is 14.7 Å². The van der Waals surface area contributed by atoms with Crippen molar-refractivity contribution in [2.75, 3.05) is 39.8 Å². The van der Waals surface area contributed by atoms with Crippen LogP contribution in [0.2, 0.25) is 4.34 Å². The Morgan fingerprint density at radius 2 is 2.17 bits per heavy atom. The summed E-state index contributed by atoms with van der Waals surface area (Å²) >= 11 is 7.60. The van der Waals surface area contributed by atoms with Gasteiger partial charge in [-0.3, -0.25) is 9.89 Å². The molecule has 0 unspecified atom stereocenters. The molecule has 6 nitrogen and oxygen atoms in total. The molecule has 0 amide bonds. The number of piperazine rings is 1. The maximum absolute atomic E-state index is 5.97. The summed E-state index contributed by atoms with van der Waals surface area (Å²) in [6, 6.07) is 5.95. The third-order valence-electron chi connectivity index (χ3n) is 4.04. The standard InChI is InChI=1S/C16H22ClN5OS/c1-18-16(19-6-4-14-2-3-15(17)24-14)22-9-7-21(8-10-22)12-13-5-11-23-20-13/h2-3,5,11H,4,6-10,12H2,1H3,(H,18,19). The van der Waals surface area contributed by atoms with Gasteiger partial charge in [-0.15, -0.1) is 11.3 Å². The van der Waals surface area contributed by atoms with Crippen molar-refractivity contribution in [3.05, 3.63) is 39.4 Å².